The molecule has 0 saturated heterocycles. The number of halogens is 2. The molecule has 0 saturated carbocycles. The van der Waals surface area contributed by atoms with E-state index in [-0.39, 0.29) is 0 Å². The van der Waals surface area contributed by atoms with Crippen LogP contribution in [-0.2, 0) is 12.8 Å². The van der Waals surface area contributed by atoms with Crippen LogP contribution >= 0.6 is 31.9 Å². The number of hydrogen-bond acceptors (Lipinski definition) is 0. The number of aromatic nitrogens is 2. The van der Waals surface area contributed by atoms with Gasteiger partial charge in [0.15, 0.2) is 0 Å². The van der Waals surface area contributed by atoms with E-state index in [0.29, 0.717) is 0 Å². The topological polar surface area (TPSA) is 9.86 Å². The van der Waals surface area contributed by atoms with E-state index >= 15 is 0 Å². The predicted molar refractivity (Wildman–Crippen MR) is 269 cm³/mol. The third-order valence-electron chi connectivity index (χ3n) is 12.8. The first-order chi connectivity index (χ1) is 29.6. The molecule has 0 amide bonds. The zero-order valence-electron chi connectivity index (χ0n) is 35.9. The highest BCUT2D eigenvalue weighted by atomic mass is 79.9. The van der Waals surface area contributed by atoms with Gasteiger partial charge in [0.2, 0.25) is 0 Å². The molecular formula is C56H62Br2N2. The first kappa shape index (κ1) is 42.6. The van der Waals surface area contributed by atoms with Crippen LogP contribution in [-0.4, -0.2) is 9.13 Å². The lowest BCUT2D eigenvalue weighted by molar-refractivity contribution is 0.576. The summed E-state index contributed by atoms with van der Waals surface area (Å²) in [7, 11) is 0. The van der Waals surface area contributed by atoms with E-state index in [9.17, 15) is 0 Å². The van der Waals surface area contributed by atoms with Gasteiger partial charge in [-0.1, -0.05) is 196 Å². The van der Waals surface area contributed by atoms with Crippen LogP contribution in [0.1, 0.15) is 128 Å². The summed E-state index contributed by atoms with van der Waals surface area (Å²) in [6.45, 7) is 4.59. The van der Waals surface area contributed by atoms with Crippen molar-refractivity contribution in [2.75, 3.05) is 0 Å². The summed E-state index contributed by atoms with van der Waals surface area (Å²) in [6, 6.07) is 45.9. The molecule has 6 aromatic carbocycles. The molecule has 310 valence electrons. The number of benzene rings is 6. The lowest BCUT2D eigenvalue weighted by Crippen LogP contribution is -1.98. The Morgan fingerprint density at radius 1 is 0.367 bits per heavy atom. The Morgan fingerprint density at radius 2 is 0.733 bits per heavy atom. The van der Waals surface area contributed by atoms with Gasteiger partial charge < -0.3 is 9.13 Å². The molecule has 8 rings (SSSR count). The molecule has 0 unspecified atom stereocenters. The Bertz CT molecular complexity index is 2460. The Morgan fingerprint density at radius 3 is 1.12 bits per heavy atom. The number of fused-ring (bicyclic) bond motifs is 6. The zero-order valence-corrected chi connectivity index (χ0v) is 39.1. The molecule has 0 bridgehead atoms. The second kappa shape index (κ2) is 20.6. The van der Waals surface area contributed by atoms with Gasteiger partial charge in [0.25, 0.3) is 0 Å². The average molecular weight is 923 g/mol. The molecular weight excluding hydrogens is 860 g/mol. The summed E-state index contributed by atoms with van der Waals surface area (Å²) in [5, 5.41) is 5.27. The third kappa shape index (κ3) is 9.51. The van der Waals surface area contributed by atoms with Crippen molar-refractivity contribution in [3.05, 3.63) is 141 Å². The minimum Gasteiger partial charge on any atom is -0.309 e. The number of unbranched alkanes of at least 4 members (excludes halogenated alkanes) is 14. The summed E-state index contributed by atoms with van der Waals surface area (Å²) in [6.07, 6.45) is 23.6. The van der Waals surface area contributed by atoms with Gasteiger partial charge in [-0.25, -0.2) is 0 Å². The average Bonchev–Trinajstić information content (AvgIpc) is 3.78. The highest BCUT2D eigenvalue weighted by Crippen LogP contribution is 2.39. The number of hydrogen-bond donors (Lipinski definition) is 0. The van der Waals surface area contributed by atoms with Gasteiger partial charge in [0.05, 0.1) is 22.1 Å². The molecule has 2 nitrogen and oxygen atoms in total. The largest absolute Gasteiger partial charge is 0.309 e. The van der Waals surface area contributed by atoms with Crippen molar-refractivity contribution in [3.63, 3.8) is 0 Å². The minimum absolute atomic E-state index is 1.11. The maximum Gasteiger partial charge on any atom is 0.0573 e. The monoisotopic (exact) mass is 920 g/mol. The second-order valence-corrected chi connectivity index (χ2v) is 19.0. The van der Waals surface area contributed by atoms with Crippen LogP contribution in [0, 0.1) is 0 Å². The highest BCUT2D eigenvalue weighted by molar-refractivity contribution is 9.10. The van der Waals surface area contributed by atoms with E-state index < -0.39 is 0 Å². The summed E-state index contributed by atoms with van der Waals surface area (Å²) in [5.41, 5.74) is 13.0. The van der Waals surface area contributed by atoms with Crippen molar-refractivity contribution in [2.24, 2.45) is 0 Å². The van der Waals surface area contributed by atoms with E-state index in [1.54, 1.807) is 0 Å². The molecule has 4 heteroatoms. The molecule has 0 aliphatic heterocycles. The Balaban J connectivity index is 1.06. The Hall–Kier alpha value is -4.12. The molecule has 2 aromatic heterocycles. The van der Waals surface area contributed by atoms with Crippen LogP contribution in [0.5, 0.6) is 0 Å². The van der Waals surface area contributed by atoms with Gasteiger partial charge in [-0.2, -0.15) is 0 Å². The number of rotatable bonds is 21. The van der Waals surface area contributed by atoms with Crippen molar-refractivity contribution in [3.8, 4) is 22.5 Å². The molecule has 0 atom stereocenters. The standard InChI is InChI=1S/C56H62Br2N2/c1-3-5-7-9-11-13-15-17-21-43-23-19-25-49-51-39-45(57)31-37-53(51)59(55(43)49)47-33-27-41(28-34-47)42-29-35-48(36-30-42)60-54-38-32-46(58)40-52(54)50-26-20-24-44(56(50)60)22-18-16-14-12-10-8-6-4-2/h19-20,23-40H,3-18,21-22H2,1-2H3. The van der Waals surface area contributed by atoms with E-state index in [2.05, 4.69) is 176 Å². The van der Waals surface area contributed by atoms with Gasteiger partial charge in [-0.3, -0.25) is 0 Å². The molecule has 0 fully saturated rings. The lowest BCUT2D eigenvalue weighted by Gasteiger charge is -2.14. The Labute approximate surface area is 375 Å². The van der Waals surface area contributed by atoms with Crippen LogP contribution in [0.25, 0.3) is 66.1 Å². The van der Waals surface area contributed by atoms with Gasteiger partial charge in [0.1, 0.15) is 0 Å². The minimum atomic E-state index is 1.11. The van der Waals surface area contributed by atoms with Crippen LogP contribution < -0.4 is 0 Å². The lowest BCUT2D eigenvalue weighted by atomic mass is 10.0. The first-order valence-electron chi connectivity index (χ1n) is 23.2. The maximum absolute atomic E-state index is 3.78. The summed E-state index contributed by atoms with van der Waals surface area (Å²) < 4.78 is 7.26. The smallest absolute Gasteiger partial charge is 0.0573 e. The molecule has 8 aromatic rings. The zero-order chi connectivity index (χ0) is 41.3. The molecule has 60 heavy (non-hydrogen) atoms. The number of aryl methyl sites for hydroxylation is 2. The Kier molecular flexibility index (Phi) is 14.6. The number of nitrogens with zero attached hydrogens (tertiary/aromatic N) is 2. The van der Waals surface area contributed by atoms with Gasteiger partial charge in [-0.15, -0.1) is 0 Å². The van der Waals surface area contributed by atoms with E-state index in [0.717, 1.165) is 21.8 Å². The molecule has 0 aliphatic rings. The summed E-state index contributed by atoms with van der Waals surface area (Å²) in [5.74, 6) is 0. The van der Waals surface area contributed by atoms with Gasteiger partial charge >= 0.3 is 0 Å². The highest BCUT2D eigenvalue weighted by Gasteiger charge is 2.18. The maximum atomic E-state index is 3.78. The van der Waals surface area contributed by atoms with Crippen molar-refractivity contribution in [1.82, 2.24) is 9.13 Å². The summed E-state index contributed by atoms with van der Waals surface area (Å²) in [4.78, 5) is 0. The SMILES string of the molecule is CCCCCCCCCCc1cccc2c3cc(Br)ccc3n(-c3ccc(-c4ccc(-n5c6ccc(Br)cc6c6cccc(CCCCCCCCCC)c65)cc4)cc3)c12. The van der Waals surface area contributed by atoms with Gasteiger partial charge in [0, 0.05) is 41.9 Å². The molecule has 2 heterocycles. The van der Waals surface area contributed by atoms with Crippen LogP contribution in [0.3, 0.4) is 0 Å². The van der Waals surface area contributed by atoms with Crippen LogP contribution in [0.2, 0.25) is 0 Å². The van der Waals surface area contributed by atoms with E-state index in [1.807, 2.05) is 0 Å². The molecule has 0 N–H and O–H groups in total. The second-order valence-electron chi connectivity index (χ2n) is 17.2. The fraction of sp³-hybridized carbons (Fsp3) is 0.357. The normalized spacial score (nSPS) is 11.9. The van der Waals surface area contributed by atoms with Crippen molar-refractivity contribution < 1.29 is 0 Å². The molecule has 0 spiro atoms. The van der Waals surface area contributed by atoms with Crippen molar-refractivity contribution >= 4 is 75.5 Å². The quantitative estimate of drug-likeness (QED) is 0.0636. The van der Waals surface area contributed by atoms with E-state index in [4.69, 9.17) is 0 Å². The number of para-hydroxylation sites is 2. The van der Waals surface area contributed by atoms with Crippen molar-refractivity contribution in [2.45, 2.75) is 129 Å². The summed E-state index contributed by atoms with van der Waals surface area (Å²) >= 11 is 7.55. The van der Waals surface area contributed by atoms with Crippen LogP contribution in [0.4, 0.5) is 0 Å². The fourth-order valence-corrected chi connectivity index (χ4v) is 10.4. The fourth-order valence-electron chi connectivity index (χ4n) is 9.67. The molecule has 0 aliphatic carbocycles. The first-order valence-corrected chi connectivity index (χ1v) is 24.8. The van der Waals surface area contributed by atoms with Crippen molar-refractivity contribution in [1.29, 1.82) is 0 Å². The predicted octanol–water partition coefficient (Wildman–Crippen LogP) is 18.4. The third-order valence-corrected chi connectivity index (χ3v) is 13.8. The molecule has 0 radical (unpaired) electrons. The van der Waals surface area contributed by atoms with Gasteiger partial charge in [-0.05, 0) is 109 Å². The van der Waals surface area contributed by atoms with E-state index in [1.165, 1.54) is 180 Å². The van der Waals surface area contributed by atoms with Crippen LogP contribution in [0.15, 0.2) is 130 Å².